The van der Waals surface area contributed by atoms with Gasteiger partial charge in [-0.1, -0.05) is 6.92 Å². The maximum Gasteiger partial charge on any atom is 0.191 e. The Labute approximate surface area is 180 Å². The Morgan fingerprint density at radius 3 is 2.42 bits per heavy atom. The van der Waals surface area contributed by atoms with Gasteiger partial charge in [0.25, 0.3) is 0 Å². The van der Waals surface area contributed by atoms with E-state index in [0.717, 1.165) is 56.9 Å². The van der Waals surface area contributed by atoms with E-state index in [4.69, 9.17) is 9.73 Å². The lowest BCUT2D eigenvalue weighted by molar-refractivity contribution is 0.0793. The average Bonchev–Trinajstić information content (AvgIpc) is 3.47. The van der Waals surface area contributed by atoms with Gasteiger partial charge in [-0.2, -0.15) is 11.8 Å². The lowest BCUT2D eigenvalue weighted by Gasteiger charge is -2.36. The number of nitrogens with zero attached hydrogens (tertiary/aromatic N) is 2. The Balaban J connectivity index is 0.00000243. The Kier molecular flexibility index (Phi) is 9.82. The first-order valence-electron chi connectivity index (χ1n) is 10.3. The number of piperidine rings is 1. The first-order valence-corrected chi connectivity index (χ1v) is 11.2. The van der Waals surface area contributed by atoms with Crippen molar-refractivity contribution in [3.05, 3.63) is 0 Å². The van der Waals surface area contributed by atoms with Crippen LogP contribution in [-0.2, 0) is 4.74 Å². The fraction of sp³-hybridized carbons (Fsp3) is 0.947. The normalized spacial score (nSPS) is 24.8. The summed E-state index contributed by atoms with van der Waals surface area (Å²) in [5.41, 5.74) is 0. The summed E-state index contributed by atoms with van der Waals surface area (Å²) in [6.45, 7) is 10.5. The topological polar surface area (TPSA) is 48.9 Å². The van der Waals surface area contributed by atoms with Crippen LogP contribution in [0.25, 0.3) is 0 Å². The number of thioether (sulfide) groups is 1. The molecule has 152 valence electrons. The van der Waals surface area contributed by atoms with Gasteiger partial charge in [0, 0.05) is 49.7 Å². The zero-order chi connectivity index (χ0) is 17.5. The zero-order valence-corrected chi connectivity index (χ0v) is 19.6. The fourth-order valence-electron chi connectivity index (χ4n) is 3.98. The molecule has 3 rings (SSSR count). The number of hydrogen-bond donors (Lipinski definition) is 2. The molecule has 0 spiro atoms. The summed E-state index contributed by atoms with van der Waals surface area (Å²) in [4.78, 5) is 7.67. The van der Waals surface area contributed by atoms with Crippen molar-refractivity contribution >= 4 is 41.7 Å². The lowest BCUT2D eigenvalue weighted by Crippen LogP contribution is -2.49. The van der Waals surface area contributed by atoms with Crippen molar-refractivity contribution in [2.45, 2.75) is 69.2 Å². The van der Waals surface area contributed by atoms with E-state index in [1.54, 1.807) is 0 Å². The predicted octanol–water partition coefficient (Wildman–Crippen LogP) is 3.09. The highest BCUT2D eigenvalue weighted by molar-refractivity contribution is 14.0. The Bertz CT molecular complexity index is 428. The van der Waals surface area contributed by atoms with Gasteiger partial charge >= 0.3 is 0 Å². The Morgan fingerprint density at radius 1 is 1.15 bits per heavy atom. The van der Waals surface area contributed by atoms with Gasteiger partial charge in [0.15, 0.2) is 5.96 Å². The molecule has 0 unspecified atom stereocenters. The van der Waals surface area contributed by atoms with Crippen LogP contribution in [0.2, 0.25) is 0 Å². The molecule has 0 aromatic carbocycles. The van der Waals surface area contributed by atoms with Crippen LogP contribution in [0.5, 0.6) is 0 Å². The van der Waals surface area contributed by atoms with Crippen molar-refractivity contribution in [1.29, 1.82) is 0 Å². The second-order valence-corrected chi connectivity index (χ2v) is 9.34. The van der Waals surface area contributed by atoms with Crippen LogP contribution in [0.15, 0.2) is 4.99 Å². The molecule has 3 fully saturated rings. The molecule has 0 atom stereocenters. The van der Waals surface area contributed by atoms with Gasteiger partial charge in [-0.3, -0.25) is 4.99 Å². The molecule has 0 aromatic rings. The molecule has 3 aliphatic rings. The van der Waals surface area contributed by atoms with Crippen LogP contribution in [0.4, 0.5) is 0 Å². The van der Waals surface area contributed by atoms with E-state index in [-0.39, 0.29) is 28.7 Å². The van der Waals surface area contributed by atoms with Crippen molar-refractivity contribution in [2.75, 3.05) is 45.1 Å². The number of halogens is 1. The Hall–Kier alpha value is 0.270. The number of aliphatic imine (C=N–C) groups is 1. The van der Waals surface area contributed by atoms with E-state index in [1.165, 1.54) is 38.8 Å². The molecular weight excluding hydrogens is 459 g/mol. The van der Waals surface area contributed by atoms with Crippen LogP contribution in [0.1, 0.15) is 52.4 Å². The third kappa shape index (κ3) is 6.71. The summed E-state index contributed by atoms with van der Waals surface area (Å²) < 4.78 is 5.85. The summed E-state index contributed by atoms with van der Waals surface area (Å²) in [6.07, 6.45) is 7.56. The average molecular weight is 497 g/mol. The van der Waals surface area contributed by atoms with Crippen molar-refractivity contribution in [1.82, 2.24) is 15.5 Å². The zero-order valence-electron chi connectivity index (χ0n) is 16.5. The fourth-order valence-corrected chi connectivity index (χ4v) is 5.21. The second kappa shape index (κ2) is 11.3. The molecule has 0 amide bonds. The molecule has 1 saturated carbocycles. The monoisotopic (exact) mass is 496 g/mol. The molecule has 26 heavy (non-hydrogen) atoms. The molecule has 2 saturated heterocycles. The molecule has 7 heteroatoms. The third-order valence-electron chi connectivity index (χ3n) is 5.66. The van der Waals surface area contributed by atoms with Gasteiger partial charge in [0.1, 0.15) is 0 Å². The van der Waals surface area contributed by atoms with E-state index in [9.17, 15) is 0 Å². The van der Waals surface area contributed by atoms with Crippen LogP contribution in [-0.4, -0.2) is 72.8 Å². The van der Waals surface area contributed by atoms with E-state index in [2.05, 4.69) is 41.1 Å². The largest absolute Gasteiger partial charge is 0.381 e. The van der Waals surface area contributed by atoms with Crippen molar-refractivity contribution in [2.24, 2.45) is 4.99 Å². The first kappa shape index (κ1) is 22.6. The molecule has 2 N–H and O–H groups in total. The number of hydrogen-bond acceptors (Lipinski definition) is 4. The summed E-state index contributed by atoms with van der Waals surface area (Å²) in [5, 5.41) is 7.17. The van der Waals surface area contributed by atoms with Gasteiger partial charge in [-0.05, 0) is 51.2 Å². The van der Waals surface area contributed by atoms with E-state index < -0.39 is 0 Å². The number of ether oxygens (including phenoxy) is 1. The second-order valence-electron chi connectivity index (χ2n) is 7.61. The summed E-state index contributed by atoms with van der Waals surface area (Å²) >= 11 is 2.07. The van der Waals surface area contributed by atoms with E-state index in [0.29, 0.717) is 6.04 Å². The van der Waals surface area contributed by atoms with Gasteiger partial charge in [-0.15, -0.1) is 24.0 Å². The number of rotatable bonds is 7. The highest BCUT2D eigenvalue weighted by Gasteiger charge is 2.33. The molecular formula is C19H37IN4OS. The summed E-state index contributed by atoms with van der Waals surface area (Å²) in [7, 11) is 0. The predicted molar refractivity (Wildman–Crippen MR) is 123 cm³/mol. The van der Waals surface area contributed by atoms with Gasteiger partial charge in [-0.25, -0.2) is 0 Å². The minimum atomic E-state index is 0. The quantitative estimate of drug-likeness (QED) is 0.322. The first-order chi connectivity index (χ1) is 12.2. The molecule has 0 aromatic heterocycles. The maximum absolute atomic E-state index is 5.58. The van der Waals surface area contributed by atoms with Gasteiger partial charge in [0.05, 0.1) is 6.54 Å². The standard InChI is InChI=1S/C19H36N4OS.HI/c1-3-20-18(21-15-19(25-4-2)9-13-24-14-10-19)22-16-7-11-23(12-8-16)17-5-6-17;/h16-17H,3-15H2,1-2H3,(H2,20,21,22);1H. The minimum Gasteiger partial charge on any atom is -0.381 e. The van der Waals surface area contributed by atoms with Gasteiger partial charge < -0.3 is 20.3 Å². The minimum absolute atomic E-state index is 0. The van der Waals surface area contributed by atoms with Gasteiger partial charge in [0.2, 0.25) is 0 Å². The van der Waals surface area contributed by atoms with E-state index >= 15 is 0 Å². The van der Waals surface area contributed by atoms with Crippen molar-refractivity contribution in [3.8, 4) is 0 Å². The number of guanidine groups is 1. The van der Waals surface area contributed by atoms with Crippen molar-refractivity contribution in [3.63, 3.8) is 0 Å². The summed E-state index contributed by atoms with van der Waals surface area (Å²) in [5.74, 6) is 2.16. The van der Waals surface area contributed by atoms with Crippen LogP contribution in [0, 0.1) is 0 Å². The molecule has 0 radical (unpaired) electrons. The lowest BCUT2D eigenvalue weighted by atomic mass is 9.99. The summed E-state index contributed by atoms with van der Waals surface area (Å²) in [6, 6.07) is 1.47. The molecule has 5 nitrogen and oxygen atoms in total. The molecule has 2 aliphatic heterocycles. The van der Waals surface area contributed by atoms with Crippen LogP contribution < -0.4 is 10.6 Å². The molecule has 2 heterocycles. The molecule has 0 bridgehead atoms. The number of nitrogens with one attached hydrogen (secondary N) is 2. The molecule has 1 aliphatic carbocycles. The third-order valence-corrected chi connectivity index (χ3v) is 7.10. The SMILES string of the molecule is CCNC(=NCC1(SCC)CCOCC1)NC1CCN(C2CC2)CC1.I. The van der Waals surface area contributed by atoms with Crippen molar-refractivity contribution < 1.29 is 4.74 Å². The number of likely N-dealkylation sites (tertiary alicyclic amines) is 1. The Morgan fingerprint density at radius 2 is 1.85 bits per heavy atom. The van der Waals surface area contributed by atoms with E-state index in [1.807, 2.05) is 0 Å². The maximum atomic E-state index is 5.58. The highest BCUT2D eigenvalue weighted by atomic mass is 127. The van der Waals surface area contributed by atoms with Crippen LogP contribution in [0.3, 0.4) is 0 Å². The van der Waals surface area contributed by atoms with Crippen LogP contribution >= 0.6 is 35.7 Å². The smallest absolute Gasteiger partial charge is 0.191 e. The highest BCUT2D eigenvalue weighted by Crippen LogP contribution is 2.35.